The molecule has 3 rings (SSSR count). The van der Waals surface area contributed by atoms with Gasteiger partial charge < -0.3 is 5.11 Å². The van der Waals surface area contributed by atoms with E-state index >= 15 is 0 Å². The van der Waals surface area contributed by atoms with E-state index < -0.39 is 40.5 Å². The smallest absolute Gasteiger partial charge is 0.419 e. The summed E-state index contributed by atoms with van der Waals surface area (Å²) in [4.78, 5) is 28.7. The van der Waals surface area contributed by atoms with Gasteiger partial charge in [0, 0.05) is 0 Å². The summed E-state index contributed by atoms with van der Waals surface area (Å²) in [6, 6.07) is 7.63. The van der Waals surface area contributed by atoms with Gasteiger partial charge in [-0.2, -0.15) is 18.2 Å². The monoisotopic (exact) mass is 399 g/mol. The number of imide groups is 1. The summed E-state index contributed by atoms with van der Waals surface area (Å²) in [6.07, 6.45) is -4.67. The molecule has 27 heavy (non-hydrogen) atoms. The van der Waals surface area contributed by atoms with Crippen LogP contribution < -0.4 is 5.43 Å². The summed E-state index contributed by atoms with van der Waals surface area (Å²) < 4.78 is 38.2. The number of halogens is 4. The molecule has 0 spiro atoms. The first kappa shape index (κ1) is 19.0. The van der Waals surface area contributed by atoms with Gasteiger partial charge in [-0.3, -0.25) is 15.0 Å². The molecule has 1 saturated heterocycles. The van der Waals surface area contributed by atoms with Crippen molar-refractivity contribution in [2.24, 2.45) is 5.92 Å². The van der Waals surface area contributed by atoms with E-state index in [1.54, 1.807) is 19.1 Å². The number of hydrogen-bond acceptors (Lipinski definition) is 5. The Balaban J connectivity index is 1.87. The molecule has 10 heteroatoms. The van der Waals surface area contributed by atoms with Crippen LogP contribution in [-0.2, 0) is 15.8 Å². The number of nitrogens with one attached hydrogen (secondary N) is 1. The number of hydrazine groups is 1. The highest BCUT2D eigenvalue weighted by Gasteiger charge is 2.46. The van der Waals surface area contributed by atoms with Gasteiger partial charge in [0.2, 0.25) is 0 Å². The van der Waals surface area contributed by atoms with Crippen LogP contribution in [0.2, 0.25) is 5.15 Å². The molecule has 2 aromatic rings. The molecule has 1 aliphatic heterocycles. The maximum Gasteiger partial charge on any atom is 0.419 e. The van der Waals surface area contributed by atoms with E-state index in [0.717, 1.165) is 6.07 Å². The van der Waals surface area contributed by atoms with E-state index in [4.69, 9.17) is 11.6 Å². The molecule has 2 atom stereocenters. The third-order valence-electron chi connectivity index (χ3n) is 4.21. The van der Waals surface area contributed by atoms with Crippen molar-refractivity contribution in [1.82, 2.24) is 9.99 Å². The van der Waals surface area contributed by atoms with Crippen molar-refractivity contribution >= 4 is 29.2 Å². The predicted octanol–water partition coefficient (Wildman–Crippen LogP) is 3.58. The van der Waals surface area contributed by atoms with Crippen LogP contribution in [0.4, 0.5) is 19.0 Å². The van der Waals surface area contributed by atoms with Crippen LogP contribution in [0.3, 0.4) is 0 Å². The van der Waals surface area contributed by atoms with E-state index in [2.05, 4.69) is 10.4 Å². The predicted molar refractivity (Wildman–Crippen MR) is 89.7 cm³/mol. The summed E-state index contributed by atoms with van der Waals surface area (Å²) in [5, 5.41) is 9.49. The number of carbonyl (C=O) groups is 2. The van der Waals surface area contributed by atoms with Crippen molar-refractivity contribution in [3.8, 4) is 5.75 Å². The number of carbonyl (C=O) groups excluding carboxylic acids is 2. The molecule has 1 fully saturated rings. The topological polar surface area (TPSA) is 82.5 Å². The van der Waals surface area contributed by atoms with Gasteiger partial charge in [-0.25, -0.2) is 4.98 Å². The number of phenols is 1. The lowest BCUT2D eigenvalue weighted by molar-refractivity contribution is -0.139. The number of rotatable bonds is 3. The average Bonchev–Trinajstić information content (AvgIpc) is 2.77. The second-order valence-corrected chi connectivity index (χ2v) is 6.38. The number of aromatic hydroxyl groups is 1. The van der Waals surface area contributed by atoms with Crippen molar-refractivity contribution in [3.63, 3.8) is 0 Å². The Morgan fingerprint density at radius 3 is 2.48 bits per heavy atom. The summed E-state index contributed by atoms with van der Waals surface area (Å²) in [5.74, 6) is -3.01. The Labute approximate surface area is 156 Å². The number of anilines is 1. The fourth-order valence-corrected chi connectivity index (χ4v) is 3.15. The number of pyridine rings is 1. The minimum Gasteiger partial charge on any atom is -0.508 e. The van der Waals surface area contributed by atoms with Gasteiger partial charge in [0.25, 0.3) is 11.8 Å². The Morgan fingerprint density at radius 1 is 1.19 bits per heavy atom. The van der Waals surface area contributed by atoms with Gasteiger partial charge in [0.05, 0.1) is 17.4 Å². The lowest BCUT2D eigenvalue weighted by Crippen LogP contribution is -2.36. The standard InChI is InChI=1S/C17H13ClF3N3O3/c1-8-13(9-3-2-4-10(25)7-9)16(27)24(15(8)26)23-12-6-5-11(14(18)22-12)17(19,20)21/h2-8,13,25H,1H3,(H,22,23). The van der Waals surface area contributed by atoms with Crippen molar-refractivity contribution in [2.75, 3.05) is 5.43 Å². The average molecular weight is 400 g/mol. The first-order valence-electron chi connectivity index (χ1n) is 7.76. The normalized spacial score (nSPS) is 20.3. The summed E-state index contributed by atoms with van der Waals surface area (Å²) in [7, 11) is 0. The number of nitrogens with zero attached hydrogens (tertiary/aromatic N) is 2. The molecule has 1 aromatic carbocycles. The summed E-state index contributed by atoms with van der Waals surface area (Å²) in [5.41, 5.74) is 1.74. The van der Waals surface area contributed by atoms with Gasteiger partial charge in [0.1, 0.15) is 16.7 Å². The largest absolute Gasteiger partial charge is 0.508 e. The number of aromatic nitrogens is 1. The van der Waals surface area contributed by atoms with Gasteiger partial charge in [-0.1, -0.05) is 30.7 Å². The molecule has 2 heterocycles. The molecule has 2 amide bonds. The summed E-state index contributed by atoms with van der Waals surface area (Å²) in [6.45, 7) is 1.55. The maximum absolute atomic E-state index is 12.7. The molecule has 0 radical (unpaired) electrons. The zero-order chi connectivity index (χ0) is 19.9. The molecular weight excluding hydrogens is 387 g/mol. The van der Waals surface area contributed by atoms with Crippen molar-refractivity contribution in [2.45, 2.75) is 19.0 Å². The van der Waals surface area contributed by atoms with Crippen LogP contribution in [0.15, 0.2) is 36.4 Å². The Morgan fingerprint density at radius 2 is 1.89 bits per heavy atom. The van der Waals surface area contributed by atoms with Crippen LogP contribution >= 0.6 is 11.6 Å². The van der Waals surface area contributed by atoms with Crippen LogP contribution in [0.1, 0.15) is 24.0 Å². The van der Waals surface area contributed by atoms with Crippen LogP contribution in [-0.4, -0.2) is 26.9 Å². The minimum absolute atomic E-state index is 0.0532. The van der Waals surface area contributed by atoms with E-state index in [9.17, 15) is 27.9 Å². The van der Waals surface area contributed by atoms with Crippen LogP contribution in [0, 0.1) is 5.92 Å². The molecule has 6 nitrogen and oxygen atoms in total. The van der Waals surface area contributed by atoms with Crippen LogP contribution in [0.25, 0.3) is 0 Å². The molecule has 0 bridgehead atoms. The number of phenolic OH excluding ortho intramolecular Hbond substituents is 1. The van der Waals surface area contributed by atoms with E-state index in [-0.39, 0.29) is 11.6 Å². The first-order chi connectivity index (χ1) is 12.6. The maximum atomic E-state index is 12.7. The van der Waals surface area contributed by atoms with Gasteiger partial charge >= 0.3 is 6.18 Å². The Bertz CT molecular complexity index is 920. The number of benzene rings is 1. The zero-order valence-electron chi connectivity index (χ0n) is 13.8. The SMILES string of the molecule is CC1C(=O)N(Nc2ccc(C(F)(F)F)c(Cl)n2)C(=O)C1c1cccc(O)c1. The lowest BCUT2D eigenvalue weighted by atomic mass is 9.89. The molecule has 1 aromatic heterocycles. The molecule has 2 unspecified atom stereocenters. The molecule has 142 valence electrons. The number of amides is 2. The second kappa shape index (κ2) is 6.73. The highest BCUT2D eigenvalue weighted by molar-refractivity contribution is 6.30. The second-order valence-electron chi connectivity index (χ2n) is 6.02. The quantitative estimate of drug-likeness (QED) is 0.609. The lowest BCUT2D eigenvalue weighted by Gasteiger charge is -2.17. The Kier molecular flexibility index (Phi) is 4.73. The van der Waals surface area contributed by atoms with Crippen molar-refractivity contribution in [3.05, 3.63) is 52.7 Å². The fourth-order valence-electron chi connectivity index (χ4n) is 2.89. The number of hydrogen-bond donors (Lipinski definition) is 2. The van der Waals surface area contributed by atoms with Gasteiger partial charge in [-0.15, -0.1) is 0 Å². The number of alkyl halides is 3. The van der Waals surface area contributed by atoms with Gasteiger partial charge in [-0.05, 0) is 29.8 Å². The van der Waals surface area contributed by atoms with E-state index in [1.165, 1.54) is 12.1 Å². The minimum atomic E-state index is -4.67. The third kappa shape index (κ3) is 3.55. The molecule has 2 N–H and O–H groups in total. The van der Waals surface area contributed by atoms with E-state index in [1.807, 2.05) is 0 Å². The van der Waals surface area contributed by atoms with Gasteiger partial charge in [0.15, 0.2) is 0 Å². The van der Waals surface area contributed by atoms with Crippen molar-refractivity contribution < 1.29 is 27.9 Å². The molecule has 0 aliphatic carbocycles. The van der Waals surface area contributed by atoms with Crippen molar-refractivity contribution in [1.29, 1.82) is 0 Å². The van der Waals surface area contributed by atoms with Crippen LogP contribution in [0.5, 0.6) is 5.75 Å². The zero-order valence-corrected chi connectivity index (χ0v) is 14.5. The highest BCUT2D eigenvalue weighted by Crippen LogP contribution is 2.37. The fraction of sp³-hybridized carbons (Fsp3) is 0.235. The first-order valence-corrected chi connectivity index (χ1v) is 8.14. The molecule has 0 saturated carbocycles. The van der Waals surface area contributed by atoms with E-state index in [0.29, 0.717) is 16.6 Å². The third-order valence-corrected chi connectivity index (χ3v) is 4.49. The Hall–Kier alpha value is -2.81. The molecular formula is C17H13ClF3N3O3. The highest BCUT2D eigenvalue weighted by atomic mass is 35.5. The molecule has 1 aliphatic rings. The summed E-state index contributed by atoms with van der Waals surface area (Å²) >= 11 is 5.56.